The highest BCUT2D eigenvalue weighted by Crippen LogP contribution is 2.26. The maximum atomic E-state index is 12.7. The summed E-state index contributed by atoms with van der Waals surface area (Å²) < 4.78 is 1.68. The molecule has 0 spiro atoms. The molecule has 0 atom stereocenters. The number of carbonyl (C=O) groups excluding carboxylic acids is 1. The summed E-state index contributed by atoms with van der Waals surface area (Å²) in [5, 5.41) is 8.20. The first-order valence-corrected chi connectivity index (χ1v) is 8.99. The molecule has 1 aliphatic heterocycles. The van der Waals surface area contributed by atoms with Crippen molar-refractivity contribution in [3.05, 3.63) is 67.4 Å². The van der Waals surface area contributed by atoms with Gasteiger partial charge in [-0.05, 0) is 18.2 Å². The molecule has 0 saturated carbocycles. The van der Waals surface area contributed by atoms with E-state index in [1.165, 1.54) is 6.33 Å². The Bertz CT molecular complexity index is 1130. The Kier molecular flexibility index (Phi) is 3.93. The van der Waals surface area contributed by atoms with Gasteiger partial charge in [-0.25, -0.2) is 14.6 Å². The van der Waals surface area contributed by atoms with E-state index in [0.717, 1.165) is 22.4 Å². The summed E-state index contributed by atoms with van der Waals surface area (Å²) in [4.78, 5) is 27.7. The molecule has 1 aliphatic rings. The van der Waals surface area contributed by atoms with E-state index < -0.39 is 0 Å². The zero-order valence-corrected chi connectivity index (χ0v) is 14.9. The molecule has 5 rings (SSSR count). The quantitative estimate of drug-likeness (QED) is 0.592. The van der Waals surface area contributed by atoms with Gasteiger partial charge < -0.3 is 10.2 Å². The second kappa shape index (κ2) is 6.73. The number of benzene rings is 1. The summed E-state index contributed by atoms with van der Waals surface area (Å²) in [7, 11) is 0. The fourth-order valence-electron chi connectivity index (χ4n) is 3.31. The van der Waals surface area contributed by atoms with Gasteiger partial charge >= 0.3 is 0 Å². The van der Waals surface area contributed by atoms with E-state index in [1.54, 1.807) is 17.1 Å². The van der Waals surface area contributed by atoms with E-state index in [-0.39, 0.29) is 11.8 Å². The number of nitrogens with one attached hydrogen (secondary N) is 1. The normalized spacial score (nSPS) is 14.1. The zero-order chi connectivity index (χ0) is 18.9. The first-order chi connectivity index (χ1) is 13.8. The van der Waals surface area contributed by atoms with Gasteiger partial charge in [0.15, 0.2) is 5.82 Å². The van der Waals surface area contributed by atoms with Gasteiger partial charge in [0, 0.05) is 43.1 Å². The van der Waals surface area contributed by atoms with Crippen molar-refractivity contribution in [1.82, 2.24) is 24.7 Å². The average Bonchev–Trinajstić information content (AvgIpc) is 3.22. The topological polar surface area (TPSA) is 88.8 Å². The Morgan fingerprint density at radius 1 is 1.00 bits per heavy atom. The first kappa shape index (κ1) is 16.4. The number of aromatic nitrogens is 5. The molecule has 4 aromatic rings. The maximum absolute atomic E-state index is 12.7. The molecule has 0 unspecified atom stereocenters. The van der Waals surface area contributed by atoms with Crippen LogP contribution in [0.5, 0.6) is 0 Å². The van der Waals surface area contributed by atoms with Gasteiger partial charge in [0.2, 0.25) is 5.91 Å². The smallest absolute Gasteiger partial charge is 0.231 e. The zero-order valence-electron chi connectivity index (χ0n) is 14.9. The average molecular weight is 371 g/mol. The van der Waals surface area contributed by atoms with Crippen LogP contribution in [0, 0.1) is 5.92 Å². The standard InChI is InChI=1S/C20H17N7O/c28-20(25-16-6-1-4-14-5-2-7-21-19(14)16)15-11-26(12-15)17-10-18(23-13-22-17)27-9-3-8-24-27/h1-10,13,15H,11-12H2,(H,25,28). The Labute approximate surface area is 160 Å². The molecular formula is C20H17N7O. The van der Waals surface area contributed by atoms with E-state index in [1.807, 2.05) is 48.7 Å². The largest absolute Gasteiger partial charge is 0.355 e. The van der Waals surface area contributed by atoms with E-state index in [4.69, 9.17) is 0 Å². The van der Waals surface area contributed by atoms with Crippen LogP contribution in [-0.2, 0) is 4.79 Å². The van der Waals surface area contributed by atoms with E-state index >= 15 is 0 Å². The highest BCUT2D eigenvalue weighted by molar-refractivity contribution is 6.01. The summed E-state index contributed by atoms with van der Waals surface area (Å²) >= 11 is 0. The van der Waals surface area contributed by atoms with Gasteiger partial charge in [-0.1, -0.05) is 18.2 Å². The lowest BCUT2D eigenvalue weighted by molar-refractivity contribution is -0.120. The summed E-state index contributed by atoms with van der Waals surface area (Å²) in [6, 6.07) is 13.4. The number of pyridine rings is 1. The van der Waals surface area contributed by atoms with E-state index in [9.17, 15) is 4.79 Å². The highest BCUT2D eigenvalue weighted by atomic mass is 16.2. The van der Waals surface area contributed by atoms with Gasteiger partial charge in [0.05, 0.1) is 17.1 Å². The number of hydrogen-bond donors (Lipinski definition) is 1. The lowest BCUT2D eigenvalue weighted by Gasteiger charge is -2.39. The Morgan fingerprint density at radius 3 is 2.71 bits per heavy atom. The second-order valence-corrected chi connectivity index (χ2v) is 6.66. The van der Waals surface area contributed by atoms with Crippen molar-refractivity contribution in [2.45, 2.75) is 0 Å². The molecule has 8 nitrogen and oxygen atoms in total. The minimum Gasteiger partial charge on any atom is -0.355 e. The summed E-state index contributed by atoms with van der Waals surface area (Å²) in [5.41, 5.74) is 1.54. The minimum atomic E-state index is -0.0953. The van der Waals surface area contributed by atoms with E-state index in [2.05, 4.69) is 30.3 Å². The third-order valence-corrected chi connectivity index (χ3v) is 4.84. The molecule has 4 heterocycles. The van der Waals surface area contributed by atoms with Crippen LogP contribution in [0.25, 0.3) is 16.7 Å². The monoisotopic (exact) mass is 371 g/mol. The van der Waals surface area contributed by atoms with Crippen LogP contribution in [0.3, 0.4) is 0 Å². The SMILES string of the molecule is O=C(Nc1cccc2cccnc12)C1CN(c2cc(-n3cccn3)ncn2)C1. The molecule has 1 fully saturated rings. The van der Waals surface area contributed by atoms with Crippen molar-refractivity contribution in [2.24, 2.45) is 5.92 Å². The van der Waals surface area contributed by atoms with Crippen LogP contribution < -0.4 is 10.2 Å². The summed E-state index contributed by atoms with van der Waals surface area (Å²) in [6.45, 7) is 1.22. The molecule has 3 aromatic heterocycles. The highest BCUT2D eigenvalue weighted by Gasteiger charge is 2.34. The van der Waals surface area contributed by atoms with Gasteiger partial charge in [-0.15, -0.1) is 0 Å². The molecular weight excluding hydrogens is 354 g/mol. The fraction of sp³-hybridized carbons (Fsp3) is 0.150. The van der Waals surface area contributed by atoms with Gasteiger partial charge in [-0.3, -0.25) is 9.78 Å². The lowest BCUT2D eigenvalue weighted by Crippen LogP contribution is -2.52. The molecule has 28 heavy (non-hydrogen) atoms. The molecule has 0 radical (unpaired) electrons. The Morgan fingerprint density at radius 2 is 1.86 bits per heavy atom. The van der Waals surface area contributed by atoms with Crippen LogP contribution in [0.1, 0.15) is 0 Å². The molecule has 1 saturated heterocycles. The molecule has 138 valence electrons. The Hall–Kier alpha value is -3.81. The van der Waals surface area contributed by atoms with Crippen LogP contribution >= 0.6 is 0 Å². The van der Waals surface area contributed by atoms with Crippen molar-refractivity contribution >= 4 is 28.3 Å². The van der Waals surface area contributed by atoms with Crippen LogP contribution in [0.4, 0.5) is 11.5 Å². The Balaban J connectivity index is 1.27. The number of carbonyl (C=O) groups is 1. The molecule has 1 amide bonds. The summed E-state index contributed by atoms with van der Waals surface area (Å²) in [5.74, 6) is 1.39. The van der Waals surface area contributed by atoms with Crippen molar-refractivity contribution in [1.29, 1.82) is 0 Å². The molecule has 0 aliphatic carbocycles. The van der Waals surface area contributed by atoms with E-state index in [0.29, 0.717) is 18.9 Å². The van der Waals surface area contributed by atoms with Crippen LogP contribution in [-0.4, -0.2) is 43.7 Å². The number of hydrogen-bond acceptors (Lipinski definition) is 6. The second-order valence-electron chi connectivity index (χ2n) is 6.66. The van der Waals surface area contributed by atoms with Crippen molar-refractivity contribution in [2.75, 3.05) is 23.3 Å². The number of para-hydroxylation sites is 1. The van der Waals surface area contributed by atoms with Crippen molar-refractivity contribution < 1.29 is 4.79 Å². The predicted molar refractivity (Wildman–Crippen MR) is 105 cm³/mol. The number of anilines is 2. The van der Waals surface area contributed by atoms with Crippen molar-refractivity contribution in [3.8, 4) is 5.82 Å². The lowest BCUT2D eigenvalue weighted by atomic mass is 9.99. The third kappa shape index (κ3) is 2.94. The molecule has 0 bridgehead atoms. The van der Waals surface area contributed by atoms with Gasteiger partial charge in [0.1, 0.15) is 12.1 Å². The number of nitrogens with zero attached hydrogens (tertiary/aromatic N) is 6. The minimum absolute atomic E-state index is 0.00393. The number of amides is 1. The van der Waals surface area contributed by atoms with Crippen molar-refractivity contribution in [3.63, 3.8) is 0 Å². The number of fused-ring (bicyclic) bond motifs is 1. The summed E-state index contributed by atoms with van der Waals surface area (Å²) in [6.07, 6.45) is 6.78. The predicted octanol–water partition coefficient (Wildman–Crippen LogP) is 2.29. The molecule has 1 N–H and O–H groups in total. The fourth-order valence-corrected chi connectivity index (χ4v) is 3.31. The van der Waals surface area contributed by atoms with Gasteiger partial charge in [-0.2, -0.15) is 5.10 Å². The maximum Gasteiger partial charge on any atom is 0.231 e. The molecule has 1 aromatic carbocycles. The van der Waals surface area contributed by atoms with Gasteiger partial charge in [0.25, 0.3) is 0 Å². The molecule has 8 heteroatoms. The third-order valence-electron chi connectivity index (χ3n) is 4.84. The van der Waals surface area contributed by atoms with Crippen LogP contribution in [0.15, 0.2) is 67.4 Å². The van der Waals surface area contributed by atoms with Crippen LogP contribution in [0.2, 0.25) is 0 Å². The number of rotatable bonds is 4. The first-order valence-electron chi connectivity index (χ1n) is 8.99.